The molecule has 2 aliphatic heterocycles. The average Bonchev–Trinajstić information content (AvgIpc) is 2.15. The van der Waals surface area contributed by atoms with E-state index in [0.29, 0.717) is 0 Å². The lowest BCUT2D eigenvalue weighted by atomic mass is 9.90. The van der Waals surface area contributed by atoms with Crippen molar-refractivity contribution in [2.45, 2.75) is 18.8 Å². The van der Waals surface area contributed by atoms with Gasteiger partial charge < -0.3 is 10.6 Å². The Balaban J connectivity index is 1.92. The van der Waals surface area contributed by atoms with Gasteiger partial charge in [0.25, 0.3) is 0 Å². The minimum absolute atomic E-state index is 0.766. The molecule has 2 aliphatic rings. The summed E-state index contributed by atoms with van der Waals surface area (Å²) in [5.74, 6) is 0.766. The van der Waals surface area contributed by atoms with Crippen LogP contribution in [0.3, 0.4) is 0 Å². The van der Waals surface area contributed by atoms with Crippen LogP contribution in [0.1, 0.15) is 23.5 Å². The van der Waals surface area contributed by atoms with Gasteiger partial charge in [-0.05, 0) is 30.0 Å². The van der Waals surface area contributed by atoms with E-state index in [1.54, 1.807) is 0 Å². The second-order valence-corrected chi connectivity index (χ2v) is 4.30. The second-order valence-electron chi connectivity index (χ2n) is 4.30. The van der Waals surface area contributed by atoms with E-state index in [0.717, 1.165) is 25.6 Å². The molecule has 2 N–H and O–H groups in total. The number of anilines is 1. The SMILES string of the molecule is c1cc2c(cc1C1CNC1)CCCN2. The van der Waals surface area contributed by atoms with Crippen molar-refractivity contribution in [2.75, 3.05) is 25.0 Å². The predicted octanol–water partition coefficient (Wildman–Crippen LogP) is 1.73. The zero-order valence-electron chi connectivity index (χ0n) is 8.34. The molecule has 74 valence electrons. The standard InChI is InChI=1S/C12H16N2/c1-2-10-6-9(11-7-13-8-11)3-4-12(10)14-5-1/h3-4,6,11,13-14H,1-2,5,7-8H2. The highest BCUT2D eigenvalue weighted by Crippen LogP contribution is 2.27. The van der Waals surface area contributed by atoms with Gasteiger partial charge in [0, 0.05) is 31.2 Å². The van der Waals surface area contributed by atoms with Crippen molar-refractivity contribution in [3.63, 3.8) is 0 Å². The summed E-state index contributed by atoms with van der Waals surface area (Å²) in [5.41, 5.74) is 4.39. The molecular formula is C12H16N2. The number of aryl methyl sites for hydroxylation is 1. The highest BCUT2D eigenvalue weighted by atomic mass is 14.9. The summed E-state index contributed by atoms with van der Waals surface area (Å²) in [7, 11) is 0. The van der Waals surface area contributed by atoms with Crippen LogP contribution in [0.15, 0.2) is 18.2 Å². The van der Waals surface area contributed by atoms with Crippen LogP contribution in [-0.4, -0.2) is 19.6 Å². The van der Waals surface area contributed by atoms with Crippen molar-refractivity contribution in [3.05, 3.63) is 29.3 Å². The largest absolute Gasteiger partial charge is 0.385 e. The molecule has 1 aromatic rings. The molecule has 2 heteroatoms. The number of hydrogen-bond donors (Lipinski definition) is 2. The van der Waals surface area contributed by atoms with E-state index in [1.807, 2.05) is 0 Å². The fraction of sp³-hybridized carbons (Fsp3) is 0.500. The predicted molar refractivity (Wildman–Crippen MR) is 58.9 cm³/mol. The van der Waals surface area contributed by atoms with Crippen LogP contribution in [0.4, 0.5) is 5.69 Å². The van der Waals surface area contributed by atoms with Crippen LogP contribution >= 0.6 is 0 Å². The van der Waals surface area contributed by atoms with E-state index in [9.17, 15) is 0 Å². The van der Waals surface area contributed by atoms with E-state index in [4.69, 9.17) is 0 Å². The lowest BCUT2D eigenvalue weighted by Gasteiger charge is -2.29. The quantitative estimate of drug-likeness (QED) is 0.701. The van der Waals surface area contributed by atoms with E-state index in [1.165, 1.54) is 29.7 Å². The van der Waals surface area contributed by atoms with Gasteiger partial charge in [-0.15, -0.1) is 0 Å². The normalized spacial score (nSPS) is 20.9. The minimum Gasteiger partial charge on any atom is -0.385 e. The molecule has 0 bridgehead atoms. The molecule has 1 fully saturated rings. The second kappa shape index (κ2) is 3.28. The molecule has 0 radical (unpaired) electrons. The van der Waals surface area contributed by atoms with Gasteiger partial charge in [-0.2, -0.15) is 0 Å². The van der Waals surface area contributed by atoms with Crippen molar-refractivity contribution < 1.29 is 0 Å². The summed E-state index contributed by atoms with van der Waals surface area (Å²) >= 11 is 0. The fourth-order valence-electron chi connectivity index (χ4n) is 2.27. The fourth-order valence-corrected chi connectivity index (χ4v) is 2.27. The third kappa shape index (κ3) is 1.30. The van der Waals surface area contributed by atoms with E-state index in [-0.39, 0.29) is 0 Å². The first-order chi connectivity index (χ1) is 6.93. The summed E-state index contributed by atoms with van der Waals surface area (Å²) in [6.07, 6.45) is 2.52. The van der Waals surface area contributed by atoms with Gasteiger partial charge in [0.2, 0.25) is 0 Å². The molecule has 1 saturated heterocycles. The Morgan fingerprint density at radius 2 is 2.14 bits per heavy atom. The molecule has 2 nitrogen and oxygen atoms in total. The van der Waals surface area contributed by atoms with Crippen LogP contribution in [0.5, 0.6) is 0 Å². The molecule has 2 heterocycles. The summed E-state index contributed by atoms with van der Waals surface area (Å²) in [6, 6.07) is 6.93. The van der Waals surface area contributed by atoms with Gasteiger partial charge in [-0.25, -0.2) is 0 Å². The Kier molecular flexibility index (Phi) is 1.95. The Morgan fingerprint density at radius 1 is 1.21 bits per heavy atom. The number of hydrogen-bond acceptors (Lipinski definition) is 2. The third-order valence-corrected chi connectivity index (χ3v) is 3.32. The average molecular weight is 188 g/mol. The number of benzene rings is 1. The maximum atomic E-state index is 3.45. The van der Waals surface area contributed by atoms with Crippen LogP contribution in [0, 0.1) is 0 Å². The van der Waals surface area contributed by atoms with Gasteiger partial charge in [-0.1, -0.05) is 12.1 Å². The summed E-state index contributed by atoms with van der Waals surface area (Å²) in [5, 5.41) is 6.77. The first-order valence-corrected chi connectivity index (χ1v) is 5.51. The van der Waals surface area contributed by atoms with Crippen LogP contribution < -0.4 is 10.6 Å². The first kappa shape index (κ1) is 8.30. The highest BCUT2D eigenvalue weighted by Gasteiger charge is 2.20. The van der Waals surface area contributed by atoms with Crippen LogP contribution in [-0.2, 0) is 6.42 Å². The molecule has 3 rings (SSSR count). The zero-order chi connectivity index (χ0) is 9.38. The molecule has 14 heavy (non-hydrogen) atoms. The number of nitrogens with one attached hydrogen (secondary N) is 2. The molecule has 0 aromatic heterocycles. The Morgan fingerprint density at radius 3 is 2.93 bits per heavy atom. The topological polar surface area (TPSA) is 24.1 Å². The molecule has 0 saturated carbocycles. The lowest BCUT2D eigenvalue weighted by Crippen LogP contribution is -2.39. The van der Waals surface area contributed by atoms with Crippen molar-refractivity contribution in [2.24, 2.45) is 0 Å². The Hall–Kier alpha value is -1.02. The van der Waals surface area contributed by atoms with Crippen molar-refractivity contribution >= 4 is 5.69 Å². The molecule has 0 aliphatic carbocycles. The Bertz CT molecular complexity index is 342. The Labute approximate surface area is 84.7 Å². The molecule has 0 spiro atoms. The molecular weight excluding hydrogens is 172 g/mol. The molecule has 0 atom stereocenters. The molecule has 0 amide bonds. The van der Waals surface area contributed by atoms with Crippen LogP contribution in [0.25, 0.3) is 0 Å². The van der Waals surface area contributed by atoms with Gasteiger partial charge >= 0.3 is 0 Å². The van der Waals surface area contributed by atoms with Crippen molar-refractivity contribution in [3.8, 4) is 0 Å². The van der Waals surface area contributed by atoms with Gasteiger partial charge in [0.1, 0.15) is 0 Å². The van der Waals surface area contributed by atoms with Crippen LogP contribution in [0.2, 0.25) is 0 Å². The van der Waals surface area contributed by atoms with Gasteiger partial charge in [0.05, 0.1) is 0 Å². The van der Waals surface area contributed by atoms with Gasteiger partial charge in [0.15, 0.2) is 0 Å². The molecule has 1 aromatic carbocycles. The molecule has 0 unspecified atom stereocenters. The van der Waals surface area contributed by atoms with E-state index >= 15 is 0 Å². The van der Waals surface area contributed by atoms with Gasteiger partial charge in [-0.3, -0.25) is 0 Å². The van der Waals surface area contributed by atoms with E-state index < -0.39 is 0 Å². The summed E-state index contributed by atoms with van der Waals surface area (Å²) in [6.45, 7) is 3.45. The number of fused-ring (bicyclic) bond motifs is 1. The zero-order valence-corrected chi connectivity index (χ0v) is 8.34. The van der Waals surface area contributed by atoms with Crippen molar-refractivity contribution in [1.29, 1.82) is 0 Å². The van der Waals surface area contributed by atoms with Crippen molar-refractivity contribution in [1.82, 2.24) is 5.32 Å². The summed E-state index contributed by atoms with van der Waals surface area (Å²) in [4.78, 5) is 0. The maximum absolute atomic E-state index is 3.45. The highest BCUT2D eigenvalue weighted by molar-refractivity contribution is 5.55. The summed E-state index contributed by atoms with van der Waals surface area (Å²) < 4.78 is 0. The maximum Gasteiger partial charge on any atom is 0.0372 e. The third-order valence-electron chi connectivity index (χ3n) is 3.32. The smallest absolute Gasteiger partial charge is 0.0372 e. The monoisotopic (exact) mass is 188 g/mol. The first-order valence-electron chi connectivity index (χ1n) is 5.51. The number of rotatable bonds is 1. The van der Waals surface area contributed by atoms with E-state index in [2.05, 4.69) is 28.8 Å². The minimum atomic E-state index is 0.766. The lowest BCUT2D eigenvalue weighted by molar-refractivity contribution is 0.448.